The minimum absolute atomic E-state index is 0.194. The Labute approximate surface area is 124 Å². The third kappa shape index (κ3) is 2.75. The lowest BCUT2D eigenvalue weighted by Crippen LogP contribution is -2.02. The van der Waals surface area contributed by atoms with Crippen LogP contribution in [-0.4, -0.2) is 16.4 Å². The Morgan fingerprint density at radius 3 is 3.00 bits per heavy atom. The highest BCUT2D eigenvalue weighted by atomic mass is 79.9. The van der Waals surface area contributed by atoms with Crippen molar-refractivity contribution >= 4 is 22.2 Å². The zero-order valence-electron chi connectivity index (χ0n) is 10.9. The molecule has 1 saturated carbocycles. The molecule has 1 aliphatic rings. The average Bonchev–Trinajstić information content (AvgIpc) is 3.16. The second-order valence-corrected chi connectivity index (χ2v) is 5.79. The first kappa shape index (κ1) is 13.3. The van der Waals surface area contributed by atoms with Gasteiger partial charge < -0.3 is 9.26 Å². The quantitative estimate of drug-likeness (QED) is 0.783. The van der Waals surface area contributed by atoms with Crippen molar-refractivity contribution in [2.45, 2.75) is 32.3 Å². The van der Waals surface area contributed by atoms with E-state index < -0.39 is 0 Å². The Bertz CT molecular complexity index is 650. The van der Waals surface area contributed by atoms with Crippen LogP contribution >= 0.6 is 15.9 Å². The fourth-order valence-corrected chi connectivity index (χ4v) is 2.59. The molecule has 20 heavy (non-hydrogen) atoms. The van der Waals surface area contributed by atoms with Gasteiger partial charge in [-0.3, -0.25) is 4.79 Å². The van der Waals surface area contributed by atoms with Crippen molar-refractivity contribution in [3.63, 3.8) is 0 Å². The van der Waals surface area contributed by atoms with Crippen LogP contribution in [0.3, 0.4) is 0 Å². The maximum Gasteiger partial charge on any atom is 0.229 e. The summed E-state index contributed by atoms with van der Waals surface area (Å²) in [5, 5.41) is 3.89. The van der Waals surface area contributed by atoms with Crippen molar-refractivity contribution < 1.29 is 14.1 Å². The highest BCUT2D eigenvalue weighted by molar-refractivity contribution is 9.10. The van der Waals surface area contributed by atoms with Crippen LogP contribution in [0.1, 0.15) is 46.4 Å². The summed E-state index contributed by atoms with van der Waals surface area (Å²) in [5.41, 5.74) is 1.38. The molecule has 0 unspecified atom stereocenters. The molecule has 2 aromatic rings. The van der Waals surface area contributed by atoms with E-state index in [-0.39, 0.29) is 6.61 Å². The lowest BCUT2D eigenvalue weighted by atomic mass is 10.1. The Morgan fingerprint density at radius 1 is 1.50 bits per heavy atom. The molecule has 0 aliphatic heterocycles. The third-order valence-corrected chi connectivity index (χ3v) is 3.61. The Morgan fingerprint density at radius 2 is 2.30 bits per heavy atom. The first-order valence-corrected chi connectivity index (χ1v) is 7.17. The lowest BCUT2D eigenvalue weighted by molar-refractivity contribution is 0.111. The Kier molecular flexibility index (Phi) is 3.56. The van der Waals surface area contributed by atoms with Gasteiger partial charge in [0.05, 0.1) is 5.56 Å². The number of aryl methyl sites for hydroxylation is 1. The molecule has 6 heteroatoms. The molecule has 1 fully saturated rings. The summed E-state index contributed by atoms with van der Waals surface area (Å²) in [6.45, 7) is 2.08. The van der Waals surface area contributed by atoms with Crippen molar-refractivity contribution in [1.82, 2.24) is 10.1 Å². The Balaban J connectivity index is 1.75. The van der Waals surface area contributed by atoms with Crippen LogP contribution in [0, 0.1) is 6.92 Å². The largest absolute Gasteiger partial charge is 0.484 e. The van der Waals surface area contributed by atoms with Gasteiger partial charge >= 0.3 is 0 Å². The summed E-state index contributed by atoms with van der Waals surface area (Å²) in [4.78, 5) is 15.4. The summed E-state index contributed by atoms with van der Waals surface area (Å²) >= 11 is 3.36. The number of nitrogens with zero attached hydrogens (tertiary/aromatic N) is 2. The molecule has 1 aromatic heterocycles. The maximum atomic E-state index is 11.1. The molecule has 3 rings (SSSR count). The lowest BCUT2D eigenvalue weighted by Gasteiger charge is -2.10. The summed E-state index contributed by atoms with van der Waals surface area (Å²) < 4.78 is 11.7. The molecule has 104 valence electrons. The molecule has 0 bridgehead atoms. The van der Waals surface area contributed by atoms with Gasteiger partial charge in [0, 0.05) is 10.4 Å². The van der Waals surface area contributed by atoms with Crippen LogP contribution in [-0.2, 0) is 6.61 Å². The van der Waals surface area contributed by atoms with Gasteiger partial charge in [-0.15, -0.1) is 0 Å². The van der Waals surface area contributed by atoms with Crippen LogP contribution < -0.4 is 4.74 Å². The fraction of sp³-hybridized carbons (Fsp3) is 0.357. The highest BCUT2D eigenvalue weighted by Crippen LogP contribution is 2.38. The van der Waals surface area contributed by atoms with Gasteiger partial charge in [-0.2, -0.15) is 4.98 Å². The van der Waals surface area contributed by atoms with E-state index in [1.807, 2.05) is 13.0 Å². The minimum atomic E-state index is 0.194. The number of halogens is 1. The summed E-state index contributed by atoms with van der Waals surface area (Å²) in [5.74, 6) is 2.18. The standard InChI is InChI=1S/C14H13BrN2O3/c1-8-4-11(15)5-10(6-18)13(8)19-7-12-16-14(20-17-12)9-2-3-9/h4-6,9H,2-3,7H2,1H3. The predicted octanol–water partition coefficient (Wildman–Crippen LogP) is 3.41. The zero-order chi connectivity index (χ0) is 14.1. The van der Waals surface area contributed by atoms with Crippen LogP contribution in [0.5, 0.6) is 5.75 Å². The van der Waals surface area contributed by atoms with Gasteiger partial charge in [0.1, 0.15) is 5.75 Å². The average molecular weight is 337 g/mol. The number of carbonyl (C=O) groups excluding carboxylic acids is 1. The molecule has 0 N–H and O–H groups in total. The summed E-state index contributed by atoms with van der Waals surface area (Å²) in [7, 11) is 0. The van der Waals surface area contributed by atoms with Crippen LogP contribution in [0.25, 0.3) is 0 Å². The van der Waals surface area contributed by atoms with E-state index >= 15 is 0 Å². The van der Waals surface area contributed by atoms with Crippen LogP contribution in [0.2, 0.25) is 0 Å². The van der Waals surface area contributed by atoms with E-state index in [2.05, 4.69) is 26.1 Å². The molecule has 0 spiro atoms. The van der Waals surface area contributed by atoms with Gasteiger partial charge in [-0.1, -0.05) is 21.1 Å². The van der Waals surface area contributed by atoms with Gasteiger partial charge in [0.15, 0.2) is 12.9 Å². The monoisotopic (exact) mass is 336 g/mol. The molecular weight excluding hydrogens is 324 g/mol. The number of aromatic nitrogens is 2. The first-order valence-electron chi connectivity index (χ1n) is 6.38. The highest BCUT2D eigenvalue weighted by Gasteiger charge is 2.29. The molecule has 1 heterocycles. The van der Waals surface area contributed by atoms with E-state index in [1.54, 1.807) is 6.07 Å². The molecule has 1 aromatic carbocycles. The van der Waals surface area contributed by atoms with Crippen molar-refractivity contribution in [2.24, 2.45) is 0 Å². The summed E-state index contributed by atoms with van der Waals surface area (Å²) in [6, 6.07) is 3.62. The zero-order valence-corrected chi connectivity index (χ0v) is 12.5. The van der Waals surface area contributed by atoms with Crippen LogP contribution in [0.15, 0.2) is 21.1 Å². The van der Waals surface area contributed by atoms with Crippen molar-refractivity contribution in [1.29, 1.82) is 0 Å². The summed E-state index contributed by atoms with van der Waals surface area (Å²) in [6.07, 6.45) is 3.01. The van der Waals surface area contributed by atoms with Crippen LogP contribution in [0.4, 0.5) is 0 Å². The molecule has 0 saturated heterocycles. The van der Waals surface area contributed by atoms with E-state index in [0.717, 1.165) is 29.2 Å². The van der Waals surface area contributed by atoms with Gasteiger partial charge in [-0.05, 0) is 37.5 Å². The smallest absolute Gasteiger partial charge is 0.229 e. The normalized spacial score (nSPS) is 14.3. The second-order valence-electron chi connectivity index (χ2n) is 4.87. The SMILES string of the molecule is Cc1cc(Br)cc(C=O)c1OCc1noc(C2CC2)n1. The molecule has 1 aliphatic carbocycles. The number of aldehydes is 1. The number of ether oxygens (including phenoxy) is 1. The van der Waals surface area contributed by atoms with E-state index in [0.29, 0.717) is 28.9 Å². The van der Waals surface area contributed by atoms with Gasteiger partial charge in [-0.25, -0.2) is 0 Å². The van der Waals surface area contributed by atoms with Gasteiger partial charge in [0.25, 0.3) is 0 Å². The predicted molar refractivity (Wildman–Crippen MR) is 74.9 cm³/mol. The maximum absolute atomic E-state index is 11.1. The molecule has 0 radical (unpaired) electrons. The van der Waals surface area contributed by atoms with Crippen molar-refractivity contribution in [3.8, 4) is 5.75 Å². The van der Waals surface area contributed by atoms with Crippen molar-refractivity contribution in [2.75, 3.05) is 0 Å². The minimum Gasteiger partial charge on any atom is -0.484 e. The number of carbonyl (C=O) groups is 1. The first-order chi connectivity index (χ1) is 9.67. The number of benzene rings is 1. The van der Waals surface area contributed by atoms with Gasteiger partial charge in [0.2, 0.25) is 11.7 Å². The van der Waals surface area contributed by atoms with Crippen molar-refractivity contribution in [3.05, 3.63) is 39.4 Å². The van der Waals surface area contributed by atoms with E-state index in [1.165, 1.54) is 0 Å². The topological polar surface area (TPSA) is 65.2 Å². The van der Waals surface area contributed by atoms with E-state index in [4.69, 9.17) is 9.26 Å². The molecule has 0 atom stereocenters. The number of hydrogen-bond acceptors (Lipinski definition) is 5. The third-order valence-electron chi connectivity index (χ3n) is 3.15. The number of rotatable bonds is 5. The van der Waals surface area contributed by atoms with E-state index in [9.17, 15) is 4.79 Å². The number of hydrogen-bond donors (Lipinski definition) is 0. The molecule has 5 nitrogen and oxygen atoms in total. The second kappa shape index (κ2) is 5.36. The molecule has 0 amide bonds. The molecular formula is C14H13BrN2O3. The Hall–Kier alpha value is -1.69. The fourth-order valence-electron chi connectivity index (χ4n) is 2.00.